The second-order valence-electron chi connectivity index (χ2n) is 18.1. The van der Waals surface area contributed by atoms with E-state index in [2.05, 4.69) is 80.9 Å². The zero-order chi connectivity index (χ0) is 45.2. The highest BCUT2D eigenvalue weighted by molar-refractivity contribution is 6.60. The molecule has 0 saturated heterocycles. The summed E-state index contributed by atoms with van der Waals surface area (Å²) < 4.78 is 30.1. The fourth-order valence-electron chi connectivity index (χ4n) is 7.43. The van der Waals surface area contributed by atoms with Gasteiger partial charge in [0, 0.05) is 67.6 Å². The number of nitrogens with zero attached hydrogens (tertiary/aromatic N) is 5. The van der Waals surface area contributed by atoms with Crippen molar-refractivity contribution >= 4 is 27.2 Å². The number of hydrogen-bond donors (Lipinski definition) is 3. The molecule has 1 aromatic heterocycles. The van der Waals surface area contributed by atoms with Gasteiger partial charge in [0.25, 0.3) is 0 Å². The molecule has 3 N–H and O–H groups in total. The molecule has 0 unspecified atom stereocenters. The SMILES string of the molecule is CCCCCCCCOc1nc(NCCC[Si](OCC)(OCC)OCC)nc(Oc2ccc(C=N[C@H]3CCCC[C@@H]3N=Cc3cc(C(C)(C)C)cc(C(C)(C)C)c3O)c(O)c2)n1. The Morgan fingerprint density at radius 2 is 1.34 bits per heavy atom. The van der Waals surface area contributed by atoms with Gasteiger partial charge in [0.1, 0.15) is 17.2 Å². The lowest BCUT2D eigenvalue weighted by atomic mass is 9.79. The summed E-state index contributed by atoms with van der Waals surface area (Å²) in [6.07, 6.45) is 14.9. The van der Waals surface area contributed by atoms with Gasteiger partial charge in [-0.3, -0.25) is 9.98 Å². The lowest BCUT2D eigenvalue weighted by molar-refractivity contribution is 0.0710. The van der Waals surface area contributed by atoms with Crippen molar-refractivity contribution in [1.82, 2.24) is 15.0 Å². The van der Waals surface area contributed by atoms with E-state index < -0.39 is 8.80 Å². The lowest BCUT2D eigenvalue weighted by Crippen LogP contribution is -2.46. The monoisotopic (exact) mass is 877 g/mol. The third kappa shape index (κ3) is 15.9. The summed E-state index contributed by atoms with van der Waals surface area (Å²) in [5.41, 5.74) is 3.05. The van der Waals surface area contributed by atoms with Gasteiger partial charge in [0.2, 0.25) is 5.95 Å². The van der Waals surface area contributed by atoms with Crippen molar-refractivity contribution in [2.45, 2.75) is 169 Å². The Balaban J connectivity index is 1.48. The highest BCUT2D eigenvalue weighted by Gasteiger charge is 2.39. The number of unbranched alkanes of at least 4 members (excludes halogenated alkanes) is 5. The normalized spacial score (nSPS) is 16.4. The van der Waals surface area contributed by atoms with Gasteiger partial charge in [0.05, 0.1) is 18.7 Å². The minimum absolute atomic E-state index is 0.0123. The standard InChI is InChI=1S/C48H76N6O7Si/c1-11-15-16-17-18-21-28-57-45-52-44(49-27-22-29-62(58-12-2,59-13-3)60-14-4)53-46(54-45)61-38-26-25-35(42(55)32-38)33-50-40-23-19-20-24-41(40)51-34-36-30-37(47(5,6)7)31-39(43(36)56)48(8,9)10/h25-26,30-34,40-41,55-56H,11-24,27-29H2,1-10H3,(H,49,52,53,54)/t40-,41-/m0/s1. The lowest BCUT2D eigenvalue weighted by Gasteiger charge is -2.28. The molecule has 1 aliphatic carbocycles. The Labute approximate surface area is 372 Å². The first kappa shape index (κ1) is 50.5. The minimum atomic E-state index is -2.79. The van der Waals surface area contributed by atoms with E-state index >= 15 is 0 Å². The zero-order valence-corrected chi connectivity index (χ0v) is 40.4. The van der Waals surface area contributed by atoms with Crippen LogP contribution in [0, 0.1) is 0 Å². The van der Waals surface area contributed by atoms with Gasteiger partial charge >= 0.3 is 20.8 Å². The molecule has 14 heteroatoms. The van der Waals surface area contributed by atoms with Gasteiger partial charge in [-0.15, -0.1) is 4.98 Å². The van der Waals surface area contributed by atoms with Gasteiger partial charge in [-0.05, 0) is 81.0 Å². The van der Waals surface area contributed by atoms with Crippen LogP contribution in [0.2, 0.25) is 6.04 Å². The van der Waals surface area contributed by atoms with Crippen molar-refractivity contribution < 1.29 is 33.0 Å². The molecular weight excluding hydrogens is 801 g/mol. The van der Waals surface area contributed by atoms with E-state index in [1.807, 2.05) is 27.0 Å². The largest absolute Gasteiger partial charge is 0.507 e. The highest BCUT2D eigenvalue weighted by atomic mass is 28.4. The molecule has 0 amide bonds. The topological polar surface area (TPSA) is 162 Å². The molecule has 1 fully saturated rings. The summed E-state index contributed by atoms with van der Waals surface area (Å²) >= 11 is 0. The van der Waals surface area contributed by atoms with E-state index in [0.29, 0.717) is 62.7 Å². The zero-order valence-electron chi connectivity index (χ0n) is 39.4. The summed E-state index contributed by atoms with van der Waals surface area (Å²) in [7, 11) is -2.79. The van der Waals surface area contributed by atoms with Crippen molar-refractivity contribution in [2.24, 2.45) is 9.98 Å². The van der Waals surface area contributed by atoms with E-state index in [1.54, 1.807) is 18.3 Å². The fourth-order valence-corrected chi connectivity index (χ4v) is 10.0. The van der Waals surface area contributed by atoms with Crippen LogP contribution in [-0.2, 0) is 24.1 Å². The van der Waals surface area contributed by atoms with Crippen molar-refractivity contribution in [3.8, 4) is 29.3 Å². The molecule has 13 nitrogen and oxygen atoms in total. The van der Waals surface area contributed by atoms with Crippen LogP contribution in [-0.4, -0.2) is 91.5 Å². The van der Waals surface area contributed by atoms with Crippen LogP contribution in [0.5, 0.6) is 29.3 Å². The van der Waals surface area contributed by atoms with E-state index in [4.69, 9.17) is 32.7 Å². The van der Waals surface area contributed by atoms with Gasteiger partial charge in [-0.2, -0.15) is 9.97 Å². The van der Waals surface area contributed by atoms with Crippen molar-refractivity contribution in [2.75, 3.05) is 38.3 Å². The number of anilines is 1. The second-order valence-corrected chi connectivity index (χ2v) is 20.8. The molecule has 1 saturated carbocycles. The maximum absolute atomic E-state index is 11.3. The maximum atomic E-state index is 11.3. The number of benzene rings is 2. The third-order valence-electron chi connectivity index (χ3n) is 10.9. The molecule has 344 valence electrons. The first-order valence-electron chi connectivity index (χ1n) is 23.1. The summed E-state index contributed by atoms with van der Waals surface area (Å²) in [6.45, 7) is 23.5. The predicted molar refractivity (Wildman–Crippen MR) is 252 cm³/mol. The van der Waals surface area contributed by atoms with Gasteiger partial charge in [-0.1, -0.05) is 99.5 Å². The Bertz CT molecular complexity index is 1860. The number of aliphatic imine (C=N–C) groups is 2. The number of phenols is 2. The van der Waals surface area contributed by atoms with Crippen LogP contribution >= 0.6 is 0 Å². The van der Waals surface area contributed by atoms with Crippen LogP contribution in [0.25, 0.3) is 0 Å². The third-order valence-corrected chi connectivity index (χ3v) is 14.0. The number of rotatable bonds is 25. The van der Waals surface area contributed by atoms with E-state index in [1.165, 1.54) is 31.7 Å². The van der Waals surface area contributed by atoms with Crippen LogP contribution in [0.15, 0.2) is 40.3 Å². The quantitative estimate of drug-likeness (QED) is 0.0422. The number of ether oxygens (including phenoxy) is 2. The first-order valence-corrected chi connectivity index (χ1v) is 25.0. The number of aromatic nitrogens is 3. The summed E-state index contributed by atoms with van der Waals surface area (Å²) in [6, 6.07) is 9.96. The Kier molecular flexibility index (Phi) is 20.1. The smallest absolute Gasteiger partial charge is 0.500 e. The van der Waals surface area contributed by atoms with Crippen LogP contribution in [0.3, 0.4) is 0 Å². The number of nitrogens with one attached hydrogen (secondary N) is 1. The highest BCUT2D eigenvalue weighted by Crippen LogP contribution is 2.37. The molecule has 1 heterocycles. The van der Waals surface area contributed by atoms with Crippen LogP contribution < -0.4 is 14.8 Å². The molecular formula is C48H76N6O7Si. The molecule has 0 aliphatic heterocycles. The van der Waals surface area contributed by atoms with Gasteiger partial charge in [-0.25, -0.2) is 0 Å². The molecule has 0 spiro atoms. The van der Waals surface area contributed by atoms with E-state index in [0.717, 1.165) is 55.2 Å². The van der Waals surface area contributed by atoms with Gasteiger partial charge < -0.3 is 38.3 Å². The molecule has 62 heavy (non-hydrogen) atoms. The molecule has 4 rings (SSSR count). The number of hydrogen-bond acceptors (Lipinski definition) is 13. The second kappa shape index (κ2) is 24.7. The van der Waals surface area contributed by atoms with E-state index in [9.17, 15) is 10.2 Å². The summed E-state index contributed by atoms with van der Waals surface area (Å²) in [5.74, 6) is 0.958. The van der Waals surface area contributed by atoms with Gasteiger partial charge in [0.15, 0.2) is 0 Å². The fraction of sp³-hybridized carbons (Fsp3) is 0.646. The van der Waals surface area contributed by atoms with Crippen molar-refractivity contribution in [1.29, 1.82) is 0 Å². The van der Waals surface area contributed by atoms with Crippen molar-refractivity contribution in [3.05, 3.63) is 52.6 Å². The first-order chi connectivity index (χ1) is 29.6. The summed E-state index contributed by atoms with van der Waals surface area (Å²) in [4.78, 5) is 23.5. The Hall–Kier alpha value is -4.11. The Morgan fingerprint density at radius 3 is 1.94 bits per heavy atom. The molecule has 2 atom stereocenters. The number of phenolic OH excluding ortho intramolecular Hbond substituents is 2. The molecule has 1 aliphatic rings. The maximum Gasteiger partial charge on any atom is 0.500 e. The summed E-state index contributed by atoms with van der Waals surface area (Å²) in [5, 5.41) is 25.8. The molecule has 0 radical (unpaired) electrons. The number of aromatic hydroxyl groups is 2. The van der Waals surface area contributed by atoms with Crippen LogP contribution in [0.4, 0.5) is 5.95 Å². The Morgan fingerprint density at radius 1 is 0.726 bits per heavy atom. The van der Waals surface area contributed by atoms with E-state index in [-0.39, 0.29) is 46.4 Å². The predicted octanol–water partition coefficient (Wildman–Crippen LogP) is 11.1. The molecule has 3 aromatic rings. The minimum Gasteiger partial charge on any atom is -0.507 e. The molecule has 2 aromatic carbocycles. The average Bonchev–Trinajstić information content (AvgIpc) is 3.21. The van der Waals surface area contributed by atoms with Crippen molar-refractivity contribution in [3.63, 3.8) is 0 Å². The van der Waals surface area contributed by atoms with Crippen LogP contribution in [0.1, 0.15) is 162 Å². The molecule has 0 bridgehead atoms. The average molecular weight is 877 g/mol.